The van der Waals surface area contributed by atoms with Crippen LogP contribution >= 0.6 is 0 Å². The quantitative estimate of drug-likeness (QED) is 0.455. The second kappa shape index (κ2) is 12.9. The molecule has 2 aromatic rings. The van der Waals surface area contributed by atoms with E-state index in [0.29, 0.717) is 11.7 Å². The highest BCUT2D eigenvalue weighted by Gasteiger charge is 2.40. The van der Waals surface area contributed by atoms with E-state index in [1.165, 1.54) is 48.8 Å². The van der Waals surface area contributed by atoms with Gasteiger partial charge >= 0.3 is 5.97 Å². The van der Waals surface area contributed by atoms with Crippen LogP contribution in [0.3, 0.4) is 0 Å². The largest absolute Gasteiger partial charge is 0.493 e. The van der Waals surface area contributed by atoms with Crippen molar-refractivity contribution in [3.8, 4) is 5.75 Å². The van der Waals surface area contributed by atoms with Crippen LogP contribution in [0.25, 0.3) is 0 Å². The van der Waals surface area contributed by atoms with E-state index in [-0.39, 0.29) is 50.0 Å². The molecule has 2 aromatic carbocycles. The van der Waals surface area contributed by atoms with Crippen LogP contribution in [0.4, 0.5) is 0 Å². The molecule has 0 aliphatic carbocycles. The molecule has 1 saturated heterocycles. The van der Waals surface area contributed by atoms with E-state index in [1.54, 1.807) is 0 Å². The number of esters is 1. The zero-order valence-corrected chi connectivity index (χ0v) is 23.0. The number of ether oxygens (including phenoxy) is 2. The number of benzene rings is 2. The summed E-state index contributed by atoms with van der Waals surface area (Å²) in [6.07, 6.45) is 0.0651. The molecule has 0 spiro atoms. The maximum Gasteiger partial charge on any atom is 0.308 e. The number of nitrogens with zero attached hydrogens (tertiary/aromatic N) is 2. The Bertz CT molecular complexity index is 1230. The van der Waals surface area contributed by atoms with E-state index in [9.17, 15) is 22.8 Å². The number of amides is 2. The molecule has 0 aromatic heterocycles. The SMILES string of the molecule is COC(=O)CCOc1ccc(S(=O)(=O)N2CCN(C(C)=O)CC2C(=O)NCc2ccc(C(C)C)cc2)cc1. The van der Waals surface area contributed by atoms with Gasteiger partial charge in [-0.3, -0.25) is 14.4 Å². The minimum Gasteiger partial charge on any atom is -0.493 e. The second-order valence-electron chi connectivity index (χ2n) is 9.36. The summed E-state index contributed by atoms with van der Waals surface area (Å²) in [6, 6.07) is 12.6. The minimum atomic E-state index is -4.05. The van der Waals surface area contributed by atoms with E-state index in [4.69, 9.17) is 4.74 Å². The zero-order valence-electron chi connectivity index (χ0n) is 22.2. The van der Waals surface area contributed by atoms with Gasteiger partial charge in [0.25, 0.3) is 0 Å². The fraction of sp³-hybridized carbons (Fsp3) is 0.444. The normalized spacial score (nSPS) is 16.2. The lowest BCUT2D eigenvalue weighted by atomic mass is 10.0. The van der Waals surface area contributed by atoms with Gasteiger partial charge in [0.15, 0.2) is 0 Å². The fourth-order valence-electron chi connectivity index (χ4n) is 4.08. The number of hydrogen-bond acceptors (Lipinski definition) is 7. The highest BCUT2D eigenvalue weighted by atomic mass is 32.2. The molecule has 0 radical (unpaired) electrons. The Hall–Kier alpha value is -3.44. The number of nitrogens with one attached hydrogen (secondary N) is 1. The number of rotatable bonds is 10. The molecule has 1 heterocycles. The standard InChI is InChI=1S/C27H35N3O7S/c1-19(2)22-7-5-21(6-8-22)17-28-27(33)25-18-29(20(3)31)14-15-30(25)38(34,35)24-11-9-23(10-12-24)37-16-13-26(32)36-4/h5-12,19,25H,13-18H2,1-4H3,(H,28,33). The van der Waals surface area contributed by atoms with E-state index in [0.717, 1.165) is 9.87 Å². The molecular formula is C27H35N3O7S. The van der Waals surface area contributed by atoms with Crippen LogP contribution in [0.5, 0.6) is 5.75 Å². The molecule has 10 nitrogen and oxygen atoms in total. The van der Waals surface area contributed by atoms with E-state index >= 15 is 0 Å². The maximum absolute atomic E-state index is 13.5. The van der Waals surface area contributed by atoms with Gasteiger partial charge in [-0.05, 0) is 41.3 Å². The van der Waals surface area contributed by atoms with Gasteiger partial charge in [-0.25, -0.2) is 8.42 Å². The maximum atomic E-state index is 13.5. The number of hydrogen-bond donors (Lipinski definition) is 1. The molecule has 1 N–H and O–H groups in total. The van der Waals surface area contributed by atoms with Crippen LogP contribution in [0, 0.1) is 0 Å². The van der Waals surface area contributed by atoms with Crippen molar-refractivity contribution in [3.05, 3.63) is 59.7 Å². The Balaban J connectivity index is 1.74. The third-order valence-corrected chi connectivity index (χ3v) is 8.35. The molecule has 1 atom stereocenters. The summed E-state index contributed by atoms with van der Waals surface area (Å²) in [5.41, 5.74) is 2.07. The summed E-state index contributed by atoms with van der Waals surface area (Å²) in [6.45, 7) is 6.05. The number of sulfonamides is 1. The third kappa shape index (κ3) is 7.32. The average molecular weight is 546 g/mol. The number of piperazine rings is 1. The smallest absolute Gasteiger partial charge is 0.308 e. The summed E-state index contributed by atoms with van der Waals surface area (Å²) in [4.78, 5) is 38.0. The van der Waals surface area contributed by atoms with Crippen LogP contribution in [-0.4, -0.2) is 74.8 Å². The van der Waals surface area contributed by atoms with Gasteiger partial charge in [0.05, 0.1) is 25.0 Å². The lowest BCUT2D eigenvalue weighted by molar-refractivity contribution is -0.141. The Kier molecular flexibility index (Phi) is 9.87. The predicted molar refractivity (Wildman–Crippen MR) is 141 cm³/mol. The summed E-state index contributed by atoms with van der Waals surface area (Å²) in [5.74, 6) is -0.330. The van der Waals surface area contributed by atoms with E-state index in [1.807, 2.05) is 24.3 Å². The van der Waals surface area contributed by atoms with Gasteiger partial charge in [0.1, 0.15) is 11.8 Å². The van der Waals surface area contributed by atoms with Gasteiger partial charge in [0.2, 0.25) is 21.8 Å². The molecule has 2 amide bonds. The Morgan fingerprint density at radius 3 is 2.26 bits per heavy atom. The van der Waals surface area contributed by atoms with Crippen molar-refractivity contribution in [2.45, 2.75) is 50.6 Å². The third-order valence-electron chi connectivity index (χ3n) is 6.43. The molecule has 1 aliphatic heterocycles. The summed E-state index contributed by atoms with van der Waals surface area (Å²) in [7, 11) is -2.77. The molecule has 0 bridgehead atoms. The lowest BCUT2D eigenvalue weighted by Gasteiger charge is -2.39. The van der Waals surface area contributed by atoms with Gasteiger partial charge < -0.3 is 19.7 Å². The molecular weight excluding hydrogens is 510 g/mol. The van der Waals surface area contributed by atoms with Gasteiger partial charge in [-0.2, -0.15) is 4.31 Å². The number of methoxy groups -OCH3 is 1. The summed E-state index contributed by atoms with van der Waals surface area (Å²) in [5, 5.41) is 2.84. The molecule has 3 rings (SSSR count). The first-order valence-corrected chi connectivity index (χ1v) is 13.9. The van der Waals surface area contributed by atoms with Gasteiger partial charge in [0, 0.05) is 33.1 Å². The van der Waals surface area contributed by atoms with Crippen molar-refractivity contribution in [1.82, 2.24) is 14.5 Å². The van der Waals surface area contributed by atoms with E-state index < -0.39 is 27.9 Å². The van der Waals surface area contributed by atoms with Gasteiger partial charge in [-0.1, -0.05) is 38.1 Å². The van der Waals surface area contributed by atoms with Crippen LogP contribution in [0.2, 0.25) is 0 Å². The number of carbonyl (C=O) groups is 3. The monoisotopic (exact) mass is 545 g/mol. The van der Waals surface area contributed by atoms with Crippen LogP contribution < -0.4 is 10.1 Å². The topological polar surface area (TPSA) is 122 Å². The van der Waals surface area contributed by atoms with Crippen molar-refractivity contribution < 1.29 is 32.3 Å². The minimum absolute atomic E-state index is 0.00355. The fourth-order valence-corrected chi connectivity index (χ4v) is 5.65. The Morgan fingerprint density at radius 1 is 1.03 bits per heavy atom. The second-order valence-corrected chi connectivity index (χ2v) is 11.2. The van der Waals surface area contributed by atoms with Crippen LogP contribution in [-0.2, 0) is 35.7 Å². The summed E-state index contributed by atoms with van der Waals surface area (Å²) >= 11 is 0. The van der Waals surface area contributed by atoms with Crippen molar-refractivity contribution in [3.63, 3.8) is 0 Å². The number of carbonyl (C=O) groups excluding carboxylic acids is 3. The summed E-state index contributed by atoms with van der Waals surface area (Å²) < 4.78 is 38.3. The lowest BCUT2D eigenvalue weighted by Crippen LogP contribution is -2.61. The van der Waals surface area contributed by atoms with Crippen molar-refractivity contribution in [2.24, 2.45) is 0 Å². The molecule has 11 heteroatoms. The van der Waals surface area contributed by atoms with Crippen molar-refractivity contribution in [2.75, 3.05) is 33.4 Å². The first kappa shape index (κ1) is 29.1. The van der Waals surface area contributed by atoms with Gasteiger partial charge in [-0.15, -0.1) is 0 Å². The predicted octanol–water partition coefficient (Wildman–Crippen LogP) is 2.29. The molecule has 1 unspecified atom stereocenters. The Labute approximate surface area is 223 Å². The molecule has 1 fully saturated rings. The highest BCUT2D eigenvalue weighted by Crippen LogP contribution is 2.24. The van der Waals surface area contributed by atoms with Crippen LogP contribution in [0.15, 0.2) is 53.4 Å². The Morgan fingerprint density at radius 2 is 1.68 bits per heavy atom. The first-order valence-electron chi connectivity index (χ1n) is 12.5. The molecule has 206 valence electrons. The first-order chi connectivity index (χ1) is 18.0. The van der Waals surface area contributed by atoms with Crippen molar-refractivity contribution in [1.29, 1.82) is 0 Å². The van der Waals surface area contributed by atoms with Crippen LogP contribution in [0.1, 0.15) is 44.2 Å². The zero-order chi connectivity index (χ0) is 27.9. The average Bonchev–Trinajstić information content (AvgIpc) is 2.91. The van der Waals surface area contributed by atoms with Crippen molar-refractivity contribution >= 4 is 27.8 Å². The highest BCUT2D eigenvalue weighted by molar-refractivity contribution is 7.89. The molecule has 0 saturated carbocycles. The van der Waals surface area contributed by atoms with E-state index in [2.05, 4.69) is 23.9 Å². The molecule has 1 aliphatic rings. The molecule has 38 heavy (non-hydrogen) atoms.